The number of carbonyl (C=O) groups is 1. The third kappa shape index (κ3) is 4.25. The van der Waals surface area contributed by atoms with E-state index in [1.165, 1.54) is 12.8 Å². The maximum absolute atomic E-state index is 11.0. The zero-order valence-electron chi connectivity index (χ0n) is 11.1. The lowest BCUT2D eigenvalue weighted by Gasteiger charge is -2.27. The van der Waals surface area contributed by atoms with Crippen molar-refractivity contribution in [3.05, 3.63) is 0 Å². The molecule has 0 spiro atoms. The van der Waals surface area contributed by atoms with Crippen molar-refractivity contribution in [2.24, 2.45) is 5.92 Å². The average Bonchev–Trinajstić information content (AvgIpc) is 2.88. The van der Waals surface area contributed by atoms with Gasteiger partial charge in [0.15, 0.2) is 0 Å². The Hall–Kier alpha value is -0.610. The molecule has 1 heterocycles. The summed E-state index contributed by atoms with van der Waals surface area (Å²) in [5, 5.41) is 12.5. The van der Waals surface area contributed by atoms with Gasteiger partial charge in [0.1, 0.15) is 0 Å². The molecule has 3 unspecified atom stereocenters. The number of rotatable bonds is 6. The first-order valence-electron chi connectivity index (χ1n) is 7.33. The van der Waals surface area contributed by atoms with Crippen LogP contribution < -0.4 is 5.32 Å². The standard InChI is InChI=1S/C14H25NO3/c16-14(17)11-4-1-5-12(10-11)15-8-2-6-13-7-3-9-18-13/h11-13,15H,1-10H2,(H,16,17). The summed E-state index contributed by atoms with van der Waals surface area (Å²) in [6, 6.07) is 0.407. The van der Waals surface area contributed by atoms with Crippen LogP contribution in [0.2, 0.25) is 0 Å². The Kier molecular flexibility index (Phi) is 5.45. The highest BCUT2D eigenvalue weighted by atomic mass is 16.5. The van der Waals surface area contributed by atoms with E-state index >= 15 is 0 Å². The van der Waals surface area contributed by atoms with E-state index in [2.05, 4.69) is 5.32 Å². The van der Waals surface area contributed by atoms with Gasteiger partial charge in [0, 0.05) is 12.6 Å². The van der Waals surface area contributed by atoms with Gasteiger partial charge in [0.25, 0.3) is 0 Å². The summed E-state index contributed by atoms with van der Waals surface area (Å²) in [4.78, 5) is 11.0. The molecule has 2 fully saturated rings. The molecule has 1 aliphatic heterocycles. The maximum Gasteiger partial charge on any atom is 0.306 e. The fourth-order valence-electron chi connectivity index (χ4n) is 3.11. The molecule has 4 nitrogen and oxygen atoms in total. The fourth-order valence-corrected chi connectivity index (χ4v) is 3.11. The predicted octanol–water partition coefficient (Wildman–Crippen LogP) is 2.18. The van der Waals surface area contributed by atoms with E-state index in [4.69, 9.17) is 9.84 Å². The van der Waals surface area contributed by atoms with E-state index in [-0.39, 0.29) is 5.92 Å². The Morgan fingerprint density at radius 1 is 1.28 bits per heavy atom. The van der Waals surface area contributed by atoms with E-state index in [0.717, 1.165) is 51.7 Å². The van der Waals surface area contributed by atoms with Crippen LogP contribution in [-0.4, -0.2) is 36.4 Å². The zero-order chi connectivity index (χ0) is 12.8. The summed E-state index contributed by atoms with van der Waals surface area (Å²) in [6.45, 7) is 1.93. The molecule has 3 atom stereocenters. The third-order valence-corrected chi connectivity index (χ3v) is 4.18. The highest BCUT2D eigenvalue weighted by Gasteiger charge is 2.26. The van der Waals surface area contributed by atoms with Gasteiger partial charge in [-0.1, -0.05) is 6.42 Å². The second kappa shape index (κ2) is 7.10. The second-order valence-electron chi connectivity index (χ2n) is 5.63. The number of hydrogen-bond acceptors (Lipinski definition) is 3. The van der Waals surface area contributed by atoms with Gasteiger partial charge >= 0.3 is 5.97 Å². The Morgan fingerprint density at radius 2 is 2.17 bits per heavy atom. The minimum Gasteiger partial charge on any atom is -0.481 e. The van der Waals surface area contributed by atoms with Crippen molar-refractivity contribution in [3.8, 4) is 0 Å². The van der Waals surface area contributed by atoms with Gasteiger partial charge in [-0.3, -0.25) is 4.79 Å². The van der Waals surface area contributed by atoms with Crippen molar-refractivity contribution in [1.82, 2.24) is 5.32 Å². The van der Waals surface area contributed by atoms with Gasteiger partial charge in [-0.05, 0) is 51.5 Å². The summed E-state index contributed by atoms with van der Waals surface area (Å²) < 4.78 is 5.59. The van der Waals surface area contributed by atoms with Gasteiger partial charge in [0.2, 0.25) is 0 Å². The molecule has 2 aliphatic rings. The van der Waals surface area contributed by atoms with E-state index in [9.17, 15) is 4.79 Å². The van der Waals surface area contributed by atoms with Crippen LogP contribution in [0.15, 0.2) is 0 Å². The Balaban J connectivity index is 1.56. The molecular weight excluding hydrogens is 230 g/mol. The van der Waals surface area contributed by atoms with Crippen molar-refractivity contribution in [2.75, 3.05) is 13.2 Å². The molecule has 0 radical (unpaired) electrons. The number of ether oxygens (including phenoxy) is 1. The molecule has 104 valence electrons. The third-order valence-electron chi connectivity index (χ3n) is 4.18. The van der Waals surface area contributed by atoms with Crippen LogP contribution in [-0.2, 0) is 9.53 Å². The fraction of sp³-hybridized carbons (Fsp3) is 0.929. The first-order chi connectivity index (χ1) is 8.75. The summed E-state index contributed by atoms with van der Waals surface area (Å²) in [7, 11) is 0. The topological polar surface area (TPSA) is 58.6 Å². The number of aliphatic carboxylic acids is 1. The molecule has 18 heavy (non-hydrogen) atoms. The highest BCUT2D eigenvalue weighted by Crippen LogP contribution is 2.24. The first kappa shape index (κ1) is 13.8. The molecular formula is C14H25NO3. The summed E-state index contributed by atoms with van der Waals surface area (Å²) >= 11 is 0. The zero-order valence-corrected chi connectivity index (χ0v) is 11.1. The van der Waals surface area contributed by atoms with E-state index in [0.29, 0.717) is 12.1 Å². The molecule has 0 aromatic carbocycles. The number of nitrogens with one attached hydrogen (secondary N) is 1. The number of carboxylic acids is 1. The van der Waals surface area contributed by atoms with Crippen molar-refractivity contribution in [3.63, 3.8) is 0 Å². The lowest BCUT2D eigenvalue weighted by molar-refractivity contribution is -0.143. The van der Waals surface area contributed by atoms with E-state index in [1.54, 1.807) is 0 Å². The van der Waals surface area contributed by atoms with Gasteiger partial charge in [-0.15, -0.1) is 0 Å². The molecule has 4 heteroatoms. The van der Waals surface area contributed by atoms with Crippen molar-refractivity contribution < 1.29 is 14.6 Å². The van der Waals surface area contributed by atoms with Crippen molar-refractivity contribution >= 4 is 5.97 Å². The smallest absolute Gasteiger partial charge is 0.306 e. The van der Waals surface area contributed by atoms with Crippen molar-refractivity contribution in [1.29, 1.82) is 0 Å². The molecule has 1 saturated carbocycles. The Labute approximate surface area is 109 Å². The first-order valence-corrected chi connectivity index (χ1v) is 7.33. The summed E-state index contributed by atoms with van der Waals surface area (Å²) in [5.74, 6) is -0.754. The van der Waals surface area contributed by atoms with Crippen LogP contribution in [0, 0.1) is 5.92 Å². The molecule has 2 N–H and O–H groups in total. The lowest BCUT2D eigenvalue weighted by atomic mass is 9.86. The predicted molar refractivity (Wildman–Crippen MR) is 69.6 cm³/mol. The number of hydrogen-bond donors (Lipinski definition) is 2. The van der Waals surface area contributed by atoms with Crippen LogP contribution in [0.3, 0.4) is 0 Å². The van der Waals surface area contributed by atoms with E-state index in [1.807, 2.05) is 0 Å². The molecule has 0 bridgehead atoms. The van der Waals surface area contributed by atoms with Crippen LogP contribution in [0.1, 0.15) is 51.4 Å². The van der Waals surface area contributed by atoms with Crippen LogP contribution in [0.4, 0.5) is 0 Å². The van der Waals surface area contributed by atoms with Crippen LogP contribution in [0.5, 0.6) is 0 Å². The minimum atomic E-state index is -0.624. The quantitative estimate of drug-likeness (QED) is 0.714. The molecule has 2 rings (SSSR count). The van der Waals surface area contributed by atoms with Gasteiger partial charge in [-0.25, -0.2) is 0 Å². The second-order valence-corrected chi connectivity index (χ2v) is 5.63. The largest absolute Gasteiger partial charge is 0.481 e. The number of carboxylic acid groups (broad SMARTS) is 1. The van der Waals surface area contributed by atoms with Gasteiger partial charge in [0.05, 0.1) is 12.0 Å². The molecule has 1 saturated heterocycles. The maximum atomic E-state index is 11.0. The SMILES string of the molecule is O=C(O)C1CCCC(NCCCC2CCCO2)C1. The Bertz CT molecular complexity index is 264. The molecule has 1 aliphatic carbocycles. The monoisotopic (exact) mass is 255 g/mol. The van der Waals surface area contributed by atoms with Crippen molar-refractivity contribution in [2.45, 2.75) is 63.5 Å². The Morgan fingerprint density at radius 3 is 2.89 bits per heavy atom. The minimum absolute atomic E-state index is 0.130. The highest BCUT2D eigenvalue weighted by molar-refractivity contribution is 5.70. The average molecular weight is 255 g/mol. The summed E-state index contributed by atoms with van der Waals surface area (Å²) in [6.07, 6.45) is 9.00. The van der Waals surface area contributed by atoms with Gasteiger partial charge < -0.3 is 15.2 Å². The van der Waals surface area contributed by atoms with Crippen LogP contribution in [0.25, 0.3) is 0 Å². The van der Waals surface area contributed by atoms with E-state index < -0.39 is 5.97 Å². The molecule has 0 aromatic heterocycles. The lowest BCUT2D eigenvalue weighted by Crippen LogP contribution is -2.37. The molecule has 0 aromatic rings. The molecule has 0 amide bonds. The normalized spacial score (nSPS) is 32.6. The summed E-state index contributed by atoms with van der Waals surface area (Å²) in [5.41, 5.74) is 0. The van der Waals surface area contributed by atoms with Crippen LogP contribution >= 0.6 is 0 Å². The van der Waals surface area contributed by atoms with Gasteiger partial charge in [-0.2, -0.15) is 0 Å².